The normalized spacial score (nSPS) is 18.5. The predicted octanol–water partition coefficient (Wildman–Crippen LogP) is -0.357. The molecule has 1 amide bonds. The summed E-state index contributed by atoms with van der Waals surface area (Å²) >= 11 is 1.32. The van der Waals surface area contributed by atoms with Crippen LogP contribution in [0, 0.1) is 5.92 Å². The second kappa shape index (κ2) is 11.0. The highest BCUT2D eigenvalue weighted by Gasteiger charge is 2.29. The number of carbonyl (C=O) groups excluding carboxylic acids is 2. The van der Waals surface area contributed by atoms with Crippen LogP contribution in [0.5, 0.6) is 0 Å². The van der Waals surface area contributed by atoms with Crippen molar-refractivity contribution >= 4 is 22.8 Å². The zero-order chi connectivity index (χ0) is 15.5. The molecule has 0 aliphatic carbocycles. The molecule has 0 aromatic rings. The van der Waals surface area contributed by atoms with E-state index in [4.69, 9.17) is 5.73 Å². The molecular formula is C14H28N4O2S. The van der Waals surface area contributed by atoms with Crippen LogP contribution in [-0.2, 0) is 9.59 Å². The van der Waals surface area contributed by atoms with Gasteiger partial charge in [0.2, 0.25) is 5.91 Å². The van der Waals surface area contributed by atoms with Crippen LogP contribution in [0.2, 0.25) is 0 Å². The molecule has 1 rings (SSSR count). The first-order valence-electron chi connectivity index (χ1n) is 7.66. The molecule has 1 fully saturated rings. The molecule has 1 atom stereocenters. The lowest BCUT2D eigenvalue weighted by Crippen LogP contribution is -2.34. The van der Waals surface area contributed by atoms with Gasteiger partial charge in [0.1, 0.15) is 0 Å². The van der Waals surface area contributed by atoms with Crippen molar-refractivity contribution in [3.05, 3.63) is 0 Å². The monoisotopic (exact) mass is 316 g/mol. The Kier molecular flexibility index (Phi) is 9.65. The van der Waals surface area contributed by atoms with E-state index in [-0.39, 0.29) is 11.0 Å². The summed E-state index contributed by atoms with van der Waals surface area (Å²) in [5.41, 5.74) is 5.39. The fourth-order valence-electron chi connectivity index (χ4n) is 2.32. The van der Waals surface area contributed by atoms with Gasteiger partial charge >= 0.3 is 0 Å². The van der Waals surface area contributed by atoms with E-state index in [2.05, 4.69) is 10.6 Å². The van der Waals surface area contributed by atoms with Crippen molar-refractivity contribution in [3.8, 4) is 0 Å². The van der Waals surface area contributed by atoms with Crippen molar-refractivity contribution in [2.24, 2.45) is 11.7 Å². The standard InChI is InChI=1S/C14H28N4O2S/c1-12(19)21-11-13-9-14(20)18(10-13)8-7-17-5-2-4-16-6-3-15/h13,16-17H,2-11,15H2,1H3. The molecule has 0 saturated carbocycles. The summed E-state index contributed by atoms with van der Waals surface area (Å²) in [6.45, 7) is 7.41. The minimum atomic E-state index is 0.130. The number of nitrogens with zero attached hydrogens (tertiary/aromatic N) is 1. The maximum atomic E-state index is 11.8. The maximum absolute atomic E-state index is 11.8. The van der Waals surface area contributed by atoms with Crippen molar-refractivity contribution in [2.75, 3.05) is 51.6 Å². The fourth-order valence-corrected chi connectivity index (χ4v) is 3.02. The molecule has 1 saturated heterocycles. The smallest absolute Gasteiger partial charge is 0.222 e. The Labute approximate surface area is 131 Å². The Balaban J connectivity index is 2.02. The highest BCUT2D eigenvalue weighted by Crippen LogP contribution is 2.21. The Morgan fingerprint density at radius 2 is 2.05 bits per heavy atom. The molecule has 1 heterocycles. The van der Waals surface area contributed by atoms with E-state index in [1.165, 1.54) is 11.8 Å². The Morgan fingerprint density at radius 3 is 2.71 bits per heavy atom. The van der Waals surface area contributed by atoms with Crippen LogP contribution >= 0.6 is 11.8 Å². The molecule has 1 aliphatic heterocycles. The van der Waals surface area contributed by atoms with E-state index in [0.717, 1.165) is 51.4 Å². The van der Waals surface area contributed by atoms with E-state index in [1.54, 1.807) is 6.92 Å². The van der Waals surface area contributed by atoms with Crippen LogP contribution in [0.3, 0.4) is 0 Å². The quantitative estimate of drug-likeness (QED) is 0.451. The molecule has 7 heteroatoms. The van der Waals surface area contributed by atoms with Crippen LogP contribution in [0.25, 0.3) is 0 Å². The SMILES string of the molecule is CC(=O)SCC1CC(=O)N(CCNCCCNCCN)C1. The average molecular weight is 316 g/mol. The van der Waals surface area contributed by atoms with Crippen molar-refractivity contribution in [1.82, 2.24) is 15.5 Å². The van der Waals surface area contributed by atoms with Gasteiger partial charge in [-0.05, 0) is 25.4 Å². The molecule has 21 heavy (non-hydrogen) atoms. The van der Waals surface area contributed by atoms with Crippen molar-refractivity contribution in [3.63, 3.8) is 0 Å². The number of amides is 1. The summed E-state index contributed by atoms with van der Waals surface area (Å²) in [5.74, 6) is 1.31. The number of hydrogen-bond donors (Lipinski definition) is 3. The highest BCUT2D eigenvalue weighted by molar-refractivity contribution is 8.13. The third-order valence-corrected chi connectivity index (χ3v) is 4.45. The molecule has 0 spiro atoms. The van der Waals surface area contributed by atoms with Crippen LogP contribution in [0.4, 0.5) is 0 Å². The lowest BCUT2D eigenvalue weighted by molar-refractivity contribution is -0.127. The van der Waals surface area contributed by atoms with Crippen LogP contribution < -0.4 is 16.4 Å². The number of hydrogen-bond acceptors (Lipinski definition) is 6. The topological polar surface area (TPSA) is 87.5 Å². The number of nitrogens with one attached hydrogen (secondary N) is 2. The van der Waals surface area contributed by atoms with Gasteiger partial charge in [0.05, 0.1) is 0 Å². The van der Waals surface area contributed by atoms with Crippen molar-refractivity contribution in [1.29, 1.82) is 0 Å². The molecule has 6 nitrogen and oxygen atoms in total. The molecule has 0 aromatic heterocycles. The lowest BCUT2D eigenvalue weighted by Gasteiger charge is -2.17. The molecule has 1 unspecified atom stereocenters. The van der Waals surface area contributed by atoms with E-state index < -0.39 is 0 Å². The number of thioether (sulfide) groups is 1. The number of rotatable bonds is 11. The van der Waals surface area contributed by atoms with E-state index in [9.17, 15) is 9.59 Å². The van der Waals surface area contributed by atoms with Gasteiger partial charge in [-0.25, -0.2) is 0 Å². The summed E-state index contributed by atoms with van der Waals surface area (Å²) in [6.07, 6.45) is 1.65. The van der Waals surface area contributed by atoms with E-state index in [1.807, 2.05) is 4.90 Å². The average Bonchev–Trinajstić information content (AvgIpc) is 2.80. The first kappa shape index (κ1) is 18.4. The predicted molar refractivity (Wildman–Crippen MR) is 87.2 cm³/mol. The summed E-state index contributed by atoms with van der Waals surface area (Å²) in [7, 11) is 0. The fraction of sp³-hybridized carbons (Fsp3) is 0.857. The zero-order valence-electron chi connectivity index (χ0n) is 12.9. The van der Waals surface area contributed by atoms with Crippen molar-refractivity contribution in [2.45, 2.75) is 19.8 Å². The van der Waals surface area contributed by atoms with E-state index >= 15 is 0 Å². The van der Waals surface area contributed by atoms with Crippen LogP contribution in [0.1, 0.15) is 19.8 Å². The molecule has 0 aromatic carbocycles. The summed E-state index contributed by atoms with van der Waals surface area (Å²) < 4.78 is 0. The third kappa shape index (κ3) is 8.40. The molecule has 1 aliphatic rings. The summed E-state index contributed by atoms with van der Waals surface area (Å²) in [4.78, 5) is 24.7. The van der Waals surface area contributed by atoms with Gasteiger partial charge in [0.15, 0.2) is 5.12 Å². The minimum Gasteiger partial charge on any atom is -0.341 e. The lowest BCUT2D eigenvalue weighted by atomic mass is 10.1. The Bertz CT molecular complexity index is 328. The Hall–Kier alpha value is -0.630. The second-order valence-corrected chi connectivity index (χ2v) is 6.55. The molecular weight excluding hydrogens is 288 g/mol. The van der Waals surface area contributed by atoms with Gasteiger partial charge in [0, 0.05) is 51.8 Å². The zero-order valence-corrected chi connectivity index (χ0v) is 13.7. The van der Waals surface area contributed by atoms with Gasteiger partial charge in [-0.15, -0.1) is 0 Å². The Morgan fingerprint density at radius 1 is 1.33 bits per heavy atom. The molecule has 0 radical (unpaired) electrons. The molecule has 0 bridgehead atoms. The van der Waals surface area contributed by atoms with Gasteiger partial charge in [-0.2, -0.15) is 0 Å². The van der Waals surface area contributed by atoms with Gasteiger partial charge in [-0.3, -0.25) is 9.59 Å². The van der Waals surface area contributed by atoms with E-state index in [0.29, 0.717) is 18.9 Å². The first-order valence-corrected chi connectivity index (χ1v) is 8.64. The van der Waals surface area contributed by atoms with Gasteiger partial charge in [-0.1, -0.05) is 11.8 Å². The third-order valence-electron chi connectivity index (χ3n) is 3.40. The minimum absolute atomic E-state index is 0.130. The van der Waals surface area contributed by atoms with Gasteiger partial charge in [0.25, 0.3) is 0 Å². The maximum Gasteiger partial charge on any atom is 0.222 e. The number of nitrogens with two attached hydrogens (primary N) is 1. The van der Waals surface area contributed by atoms with Crippen LogP contribution in [0.15, 0.2) is 0 Å². The largest absolute Gasteiger partial charge is 0.341 e. The second-order valence-electron chi connectivity index (χ2n) is 5.35. The number of carbonyl (C=O) groups is 2. The molecule has 122 valence electrons. The van der Waals surface area contributed by atoms with Crippen LogP contribution in [-0.4, -0.2) is 67.5 Å². The van der Waals surface area contributed by atoms with Crippen molar-refractivity contribution < 1.29 is 9.59 Å². The number of likely N-dealkylation sites (tertiary alicyclic amines) is 1. The van der Waals surface area contributed by atoms with Gasteiger partial charge < -0.3 is 21.3 Å². The highest BCUT2D eigenvalue weighted by atomic mass is 32.2. The molecule has 4 N–H and O–H groups in total. The first-order chi connectivity index (χ1) is 10.1. The summed E-state index contributed by atoms with van der Waals surface area (Å²) in [6, 6.07) is 0. The summed E-state index contributed by atoms with van der Waals surface area (Å²) in [5, 5.41) is 6.72.